The van der Waals surface area contributed by atoms with E-state index in [0.717, 1.165) is 36.9 Å². The average Bonchev–Trinajstić information content (AvgIpc) is 3.25. The van der Waals surface area contributed by atoms with Crippen molar-refractivity contribution in [2.45, 2.75) is 20.0 Å². The van der Waals surface area contributed by atoms with Gasteiger partial charge in [0.25, 0.3) is 0 Å². The lowest BCUT2D eigenvalue weighted by Crippen LogP contribution is -2.36. The molecule has 5 nitrogen and oxygen atoms in total. The Hall–Kier alpha value is -2.22. The fourth-order valence-electron chi connectivity index (χ4n) is 3.05. The minimum absolute atomic E-state index is 0. The molecule has 6 heteroatoms. The molecule has 2 aromatic rings. The molecule has 1 aliphatic rings. The van der Waals surface area contributed by atoms with Gasteiger partial charge in [-0.15, -0.1) is 24.0 Å². The topological polar surface area (TPSA) is 48.9 Å². The van der Waals surface area contributed by atoms with Crippen molar-refractivity contribution < 1.29 is 4.74 Å². The smallest absolute Gasteiger partial charge is 0.191 e. The van der Waals surface area contributed by atoms with Gasteiger partial charge in [0.15, 0.2) is 5.96 Å². The number of anilines is 1. The molecule has 0 radical (unpaired) electrons. The second-order valence-corrected chi connectivity index (χ2v) is 6.36. The first-order chi connectivity index (χ1) is 13.3. The quantitative estimate of drug-likeness (QED) is 0.266. The minimum Gasteiger partial charge on any atom is -0.494 e. The number of hydrogen-bond donors (Lipinski definition) is 2. The summed E-state index contributed by atoms with van der Waals surface area (Å²) in [6, 6.07) is 16.8. The minimum atomic E-state index is 0. The maximum atomic E-state index is 5.68. The fraction of sp³-hybridized carbons (Fsp3) is 0.318. The van der Waals surface area contributed by atoms with Crippen LogP contribution in [0.15, 0.2) is 65.7 Å². The summed E-state index contributed by atoms with van der Waals surface area (Å²) in [5, 5.41) is 6.72. The largest absolute Gasteiger partial charge is 0.494 e. The number of guanidine groups is 1. The highest BCUT2D eigenvalue weighted by atomic mass is 127. The highest BCUT2D eigenvalue weighted by Gasteiger charge is 2.07. The molecule has 0 saturated carbocycles. The third-order valence-electron chi connectivity index (χ3n) is 4.52. The van der Waals surface area contributed by atoms with Gasteiger partial charge in [0.1, 0.15) is 5.75 Å². The van der Waals surface area contributed by atoms with Gasteiger partial charge < -0.3 is 20.3 Å². The number of hydrogen-bond acceptors (Lipinski definition) is 3. The molecule has 0 bridgehead atoms. The number of aliphatic imine (C=N–C) groups is 1. The van der Waals surface area contributed by atoms with Crippen LogP contribution < -0.4 is 20.3 Å². The first kappa shape index (κ1) is 22.1. The molecule has 2 N–H and O–H groups in total. The maximum Gasteiger partial charge on any atom is 0.191 e. The van der Waals surface area contributed by atoms with E-state index in [9.17, 15) is 0 Å². The van der Waals surface area contributed by atoms with E-state index in [2.05, 4.69) is 63.0 Å². The Morgan fingerprint density at radius 3 is 2.36 bits per heavy atom. The third kappa shape index (κ3) is 6.15. The lowest BCUT2D eigenvalue weighted by Gasteiger charge is -2.18. The van der Waals surface area contributed by atoms with Crippen LogP contribution in [0, 0.1) is 0 Å². The highest BCUT2D eigenvalue weighted by Crippen LogP contribution is 2.18. The van der Waals surface area contributed by atoms with Crippen LogP contribution in [0.25, 0.3) is 0 Å². The molecule has 0 atom stereocenters. The highest BCUT2D eigenvalue weighted by molar-refractivity contribution is 14.0. The van der Waals surface area contributed by atoms with Crippen LogP contribution in [0.1, 0.15) is 18.1 Å². The van der Waals surface area contributed by atoms with Gasteiger partial charge in [-0.05, 0) is 30.7 Å². The van der Waals surface area contributed by atoms with E-state index in [1.54, 1.807) is 7.05 Å². The van der Waals surface area contributed by atoms with E-state index in [-0.39, 0.29) is 24.0 Å². The van der Waals surface area contributed by atoms with Crippen LogP contribution in [0.3, 0.4) is 0 Å². The van der Waals surface area contributed by atoms with Gasteiger partial charge in [-0.25, -0.2) is 0 Å². The number of halogens is 1. The van der Waals surface area contributed by atoms with E-state index < -0.39 is 0 Å². The van der Waals surface area contributed by atoms with Crippen molar-refractivity contribution in [1.82, 2.24) is 10.6 Å². The Kier molecular flexibility index (Phi) is 9.13. The maximum absolute atomic E-state index is 5.68. The van der Waals surface area contributed by atoms with E-state index in [0.29, 0.717) is 13.2 Å². The first-order valence-electron chi connectivity index (χ1n) is 9.44. The van der Waals surface area contributed by atoms with Crippen LogP contribution in [0.5, 0.6) is 5.75 Å². The molecule has 0 spiro atoms. The summed E-state index contributed by atoms with van der Waals surface area (Å²) in [6.07, 6.45) is 4.41. The van der Waals surface area contributed by atoms with Crippen molar-refractivity contribution in [1.29, 1.82) is 0 Å². The van der Waals surface area contributed by atoms with Gasteiger partial charge in [0, 0.05) is 44.5 Å². The van der Waals surface area contributed by atoms with Gasteiger partial charge in [-0.2, -0.15) is 0 Å². The van der Waals surface area contributed by atoms with Crippen LogP contribution >= 0.6 is 24.0 Å². The van der Waals surface area contributed by atoms with Crippen molar-refractivity contribution in [3.8, 4) is 5.75 Å². The van der Waals surface area contributed by atoms with E-state index in [1.165, 1.54) is 11.3 Å². The monoisotopic (exact) mass is 492 g/mol. The first-order valence-corrected chi connectivity index (χ1v) is 9.44. The molecule has 150 valence electrons. The normalized spacial score (nSPS) is 13.2. The molecule has 0 fully saturated rings. The number of rotatable bonds is 7. The summed E-state index contributed by atoms with van der Waals surface area (Å²) in [4.78, 5) is 6.65. The Balaban J connectivity index is 0.00000280. The molecular weight excluding hydrogens is 463 g/mol. The summed E-state index contributed by atoms with van der Waals surface area (Å²) in [5.41, 5.74) is 3.60. The molecule has 28 heavy (non-hydrogen) atoms. The lowest BCUT2D eigenvalue weighted by molar-refractivity contribution is 0.336. The summed E-state index contributed by atoms with van der Waals surface area (Å²) in [5.74, 6) is 1.68. The SMILES string of the molecule is CCOc1ccccc1CNC(=NC)NCc1ccc(N2CC=CC2)cc1.I. The second-order valence-electron chi connectivity index (χ2n) is 6.36. The number of para-hydroxylation sites is 1. The molecule has 2 aromatic carbocycles. The number of nitrogens with zero attached hydrogens (tertiary/aromatic N) is 2. The Bertz CT molecular complexity index is 781. The molecule has 1 heterocycles. The molecule has 0 unspecified atom stereocenters. The number of benzene rings is 2. The van der Waals surface area contributed by atoms with E-state index in [1.807, 2.05) is 25.1 Å². The Morgan fingerprint density at radius 2 is 1.68 bits per heavy atom. The molecular formula is C22H29IN4O. The van der Waals surface area contributed by atoms with Crippen molar-refractivity contribution in [2.24, 2.45) is 4.99 Å². The second kappa shape index (κ2) is 11.6. The van der Waals surface area contributed by atoms with E-state index in [4.69, 9.17) is 4.74 Å². The molecule has 3 rings (SSSR count). The van der Waals surface area contributed by atoms with Crippen molar-refractivity contribution in [2.75, 3.05) is 31.6 Å². The number of ether oxygens (including phenoxy) is 1. The zero-order chi connectivity index (χ0) is 18.9. The lowest BCUT2D eigenvalue weighted by atomic mass is 10.2. The van der Waals surface area contributed by atoms with Crippen molar-refractivity contribution >= 4 is 35.6 Å². The number of nitrogens with one attached hydrogen (secondary N) is 2. The summed E-state index contributed by atoms with van der Waals surface area (Å²) >= 11 is 0. The molecule has 0 aliphatic carbocycles. The zero-order valence-electron chi connectivity index (χ0n) is 16.5. The average molecular weight is 492 g/mol. The van der Waals surface area contributed by atoms with Gasteiger partial charge in [-0.1, -0.05) is 42.5 Å². The standard InChI is InChI=1S/C22H28N4O.HI/c1-3-27-21-9-5-4-8-19(21)17-25-22(23-2)24-16-18-10-12-20(13-11-18)26-14-6-7-15-26;/h4-13H,3,14-17H2,1-2H3,(H2,23,24,25);1H. The summed E-state index contributed by atoms with van der Waals surface area (Å²) < 4.78 is 5.68. The predicted octanol–water partition coefficient (Wildman–Crippen LogP) is 3.94. The molecule has 0 saturated heterocycles. The predicted molar refractivity (Wildman–Crippen MR) is 128 cm³/mol. The third-order valence-corrected chi connectivity index (χ3v) is 4.52. The van der Waals surface area contributed by atoms with Crippen LogP contribution in [0.4, 0.5) is 5.69 Å². The van der Waals surface area contributed by atoms with Gasteiger partial charge >= 0.3 is 0 Å². The fourth-order valence-corrected chi connectivity index (χ4v) is 3.05. The van der Waals surface area contributed by atoms with Gasteiger partial charge in [0.2, 0.25) is 0 Å². The van der Waals surface area contributed by atoms with Crippen LogP contribution in [0.2, 0.25) is 0 Å². The van der Waals surface area contributed by atoms with Crippen LogP contribution in [-0.2, 0) is 13.1 Å². The van der Waals surface area contributed by atoms with Crippen LogP contribution in [-0.4, -0.2) is 32.7 Å². The van der Waals surface area contributed by atoms with Gasteiger partial charge in [0.05, 0.1) is 6.61 Å². The summed E-state index contributed by atoms with van der Waals surface area (Å²) in [6.45, 7) is 6.04. The zero-order valence-corrected chi connectivity index (χ0v) is 18.9. The molecule has 0 aromatic heterocycles. The summed E-state index contributed by atoms with van der Waals surface area (Å²) in [7, 11) is 1.78. The van der Waals surface area contributed by atoms with E-state index >= 15 is 0 Å². The Labute approximate surface area is 184 Å². The van der Waals surface area contributed by atoms with Crippen molar-refractivity contribution in [3.05, 3.63) is 71.8 Å². The molecule has 0 amide bonds. The van der Waals surface area contributed by atoms with Gasteiger partial charge in [-0.3, -0.25) is 4.99 Å². The van der Waals surface area contributed by atoms with Crippen molar-refractivity contribution in [3.63, 3.8) is 0 Å². The Morgan fingerprint density at radius 1 is 1.00 bits per heavy atom. The molecule has 1 aliphatic heterocycles.